The molecule has 1 N–H and O–H groups in total. The largest absolute Gasteiger partial charge is 0.342 e. The Hall–Kier alpha value is -0.570. The Bertz CT molecular complexity index is 225. The van der Waals surface area contributed by atoms with Gasteiger partial charge in [0.1, 0.15) is 0 Å². The van der Waals surface area contributed by atoms with Crippen LogP contribution in [0.15, 0.2) is 0 Å². The Balaban J connectivity index is 2.24. The van der Waals surface area contributed by atoms with Crippen LogP contribution in [0.2, 0.25) is 0 Å². The quantitative estimate of drug-likeness (QED) is 0.722. The van der Waals surface area contributed by atoms with E-state index in [9.17, 15) is 4.79 Å². The molecule has 1 aliphatic heterocycles. The molecule has 0 aromatic carbocycles. The number of piperidine rings is 1. The lowest BCUT2D eigenvalue weighted by Gasteiger charge is -2.28. The lowest BCUT2D eigenvalue weighted by molar-refractivity contribution is -0.131. The van der Waals surface area contributed by atoms with Crippen LogP contribution >= 0.6 is 0 Å². The second-order valence-electron chi connectivity index (χ2n) is 5.45. The SMILES string of the molecule is CCCCC(CCC)NCC(=O)N1CCCCC1. The smallest absolute Gasteiger partial charge is 0.236 e. The molecule has 0 radical (unpaired) electrons. The van der Waals surface area contributed by atoms with Crippen molar-refractivity contribution in [2.45, 2.75) is 71.3 Å². The van der Waals surface area contributed by atoms with E-state index in [2.05, 4.69) is 19.2 Å². The van der Waals surface area contributed by atoms with Crippen LogP contribution < -0.4 is 5.32 Å². The number of hydrogen-bond donors (Lipinski definition) is 1. The van der Waals surface area contributed by atoms with Gasteiger partial charge in [-0.2, -0.15) is 0 Å². The highest BCUT2D eigenvalue weighted by Gasteiger charge is 2.17. The first-order valence-electron chi connectivity index (χ1n) is 7.79. The van der Waals surface area contributed by atoms with Crippen molar-refractivity contribution in [3.05, 3.63) is 0 Å². The van der Waals surface area contributed by atoms with Gasteiger partial charge in [0.05, 0.1) is 6.54 Å². The van der Waals surface area contributed by atoms with E-state index in [-0.39, 0.29) is 0 Å². The van der Waals surface area contributed by atoms with Crippen LogP contribution in [0.25, 0.3) is 0 Å². The summed E-state index contributed by atoms with van der Waals surface area (Å²) in [7, 11) is 0. The number of rotatable bonds is 8. The lowest BCUT2D eigenvalue weighted by Crippen LogP contribution is -2.43. The molecule has 106 valence electrons. The summed E-state index contributed by atoms with van der Waals surface area (Å²) < 4.78 is 0. The molecule has 0 saturated carbocycles. The van der Waals surface area contributed by atoms with Crippen LogP contribution in [-0.2, 0) is 4.79 Å². The summed E-state index contributed by atoms with van der Waals surface area (Å²) in [5, 5.41) is 3.46. The maximum atomic E-state index is 12.0. The Morgan fingerprint density at radius 3 is 2.44 bits per heavy atom. The molecular weight excluding hydrogens is 224 g/mol. The average Bonchev–Trinajstić information content (AvgIpc) is 2.42. The molecule has 1 atom stereocenters. The Kier molecular flexibility index (Phi) is 8.06. The summed E-state index contributed by atoms with van der Waals surface area (Å²) in [6.45, 7) is 6.91. The van der Waals surface area contributed by atoms with Crippen molar-refractivity contribution in [3.8, 4) is 0 Å². The van der Waals surface area contributed by atoms with Crippen LogP contribution in [-0.4, -0.2) is 36.5 Å². The molecule has 0 aromatic heterocycles. The monoisotopic (exact) mass is 254 g/mol. The van der Waals surface area contributed by atoms with Gasteiger partial charge >= 0.3 is 0 Å². The van der Waals surface area contributed by atoms with E-state index in [0.717, 1.165) is 13.1 Å². The van der Waals surface area contributed by atoms with E-state index in [1.165, 1.54) is 51.4 Å². The van der Waals surface area contributed by atoms with E-state index in [0.29, 0.717) is 18.5 Å². The van der Waals surface area contributed by atoms with Crippen molar-refractivity contribution < 1.29 is 4.79 Å². The molecule has 1 rings (SSSR count). The topological polar surface area (TPSA) is 32.3 Å². The molecule has 0 aromatic rings. The Labute approximate surface area is 112 Å². The molecule has 1 unspecified atom stereocenters. The molecule has 1 aliphatic rings. The highest BCUT2D eigenvalue weighted by molar-refractivity contribution is 5.78. The minimum absolute atomic E-state index is 0.298. The first-order valence-corrected chi connectivity index (χ1v) is 7.79. The molecule has 0 spiro atoms. The fraction of sp³-hybridized carbons (Fsp3) is 0.933. The van der Waals surface area contributed by atoms with Gasteiger partial charge in [-0.1, -0.05) is 33.1 Å². The molecule has 1 fully saturated rings. The van der Waals surface area contributed by atoms with Gasteiger partial charge in [0.15, 0.2) is 0 Å². The van der Waals surface area contributed by atoms with Gasteiger partial charge in [0.25, 0.3) is 0 Å². The number of carbonyl (C=O) groups excluding carboxylic acids is 1. The maximum absolute atomic E-state index is 12.0. The zero-order valence-electron chi connectivity index (χ0n) is 12.2. The summed E-state index contributed by atoms with van der Waals surface area (Å²) in [5.41, 5.74) is 0. The maximum Gasteiger partial charge on any atom is 0.236 e. The van der Waals surface area contributed by atoms with Crippen molar-refractivity contribution in [3.63, 3.8) is 0 Å². The van der Waals surface area contributed by atoms with E-state index >= 15 is 0 Å². The normalized spacial score (nSPS) is 17.8. The predicted molar refractivity (Wildman–Crippen MR) is 76.7 cm³/mol. The van der Waals surface area contributed by atoms with Crippen LogP contribution in [0.5, 0.6) is 0 Å². The number of unbranched alkanes of at least 4 members (excludes halogenated alkanes) is 1. The number of nitrogens with zero attached hydrogens (tertiary/aromatic N) is 1. The molecule has 1 amide bonds. The molecule has 3 heteroatoms. The van der Waals surface area contributed by atoms with Crippen molar-refractivity contribution in [2.75, 3.05) is 19.6 Å². The van der Waals surface area contributed by atoms with Gasteiger partial charge in [-0.05, 0) is 32.1 Å². The summed E-state index contributed by atoms with van der Waals surface area (Å²) in [5.74, 6) is 0.298. The van der Waals surface area contributed by atoms with E-state index in [1.54, 1.807) is 0 Å². The third-order valence-electron chi connectivity index (χ3n) is 3.79. The summed E-state index contributed by atoms with van der Waals surface area (Å²) in [6.07, 6.45) is 9.73. The van der Waals surface area contributed by atoms with Gasteiger partial charge < -0.3 is 10.2 Å². The zero-order chi connectivity index (χ0) is 13.2. The van der Waals surface area contributed by atoms with Crippen LogP contribution in [0.3, 0.4) is 0 Å². The second kappa shape index (κ2) is 9.37. The Morgan fingerprint density at radius 2 is 1.83 bits per heavy atom. The molecule has 3 nitrogen and oxygen atoms in total. The summed E-state index contributed by atoms with van der Waals surface area (Å²) in [4.78, 5) is 14.1. The summed E-state index contributed by atoms with van der Waals surface area (Å²) in [6, 6.07) is 0.531. The van der Waals surface area contributed by atoms with E-state index in [4.69, 9.17) is 0 Å². The molecule has 1 heterocycles. The number of hydrogen-bond acceptors (Lipinski definition) is 2. The fourth-order valence-corrected chi connectivity index (χ4v) is 2.63. The number of carbonyl (C=O) groups is 1. The first-order chi connectivity index (χ1) is 8.77. The van der Waals surface area contributed by atoms with Crippen molar-refractivity contribution in [2.24, 2.45) is 0 Å². The molecule has 18 heavy (non-hydrogen) atoms. The van der Waals surface area contributed by atoms with Gasteiger partial charge in [-0.25, -0.2) is 0 Å². The third kappa shape index (κ3) is 5.85. The van der Waals surface area contributed by atoms with Gasteiger partial charge in [-0.3, -0.25) is 4.79 Å². The van der Waals surface area contributed by atoms with E-state index < -0.39 is 0 Å². The highest BCUT2D eigenvalue weighted by Crippen LogP contribution is 2.09. The third-order valence-corrected chi connectivity index (χ3v) is 3.79. The van der Waals surface area contributed by atoms with E-state index in [1.807, 2.05) is 4.90 Å². The van der Waals surface area contributed by atoms with Crippen molar-refractivity contribution >= 4 is 5.91 Å². The number of amides is 1. The number of likely N-dealkylation sites (tertiary alicyclic amines) is 1. The highest BCUT2D eigenvalue weighted by atomic mass is 16.2. The van der Waals surface area contributed by atoms with Crippen molar-refractivity contribution in [1.29, 1.82) is 0 Å². The minimum atomic E-state index is 0.298. The Morgan fingerprint density at radius 1 is 1.11 bits per heavy atom. The average molecular weight is 254 g/mol. The fourth-order valence-electron chi connectivity index (χ4n) is 2.63. The van der Waals surface area contributed by atoms with Crippen LogP contribution in [0.4, 0.5) is 0 Å². The van der Waals surface area contributed by atoms with Gasteiger partial charge in [0.2, 0.25) is 5.91 Å². The molecule has 0 aliphatic carbocycles. The van der Waals surface area contributed by atoms with Gasteiger partial charge in [-0.15, -0.1) is 0 Å². The zero-order valence-corrected chi connectivity index (χ0v) is 12.2. The molecular formula is C15H30N2O. The molecule has 1 saturated heterocycles. The lowest BCUT2D eigenvalue weighted by atomic mass is 10.1. The minimum Gasteiger partial charge on any atom is -0.342 e. The van der Waals surface area contributed by atoms with Crippen LogP contribution in [0.1, 0.15) is 65.2 Å². The number of nitrogens with one attached hydrogen (secondary N) is 1. The van der Waals surface area contributed by atoms with Crippen LogP contribution in [0, 0.1) is 0 Å². The predicted octanol–water partition coefficient (Wildman–Crippen LogP) is 2.95. The van der Waals surface area contributed by atoms with Crippen molar-refractivity contribution in [1.82, 2.24) is 10.2 Å². The second-order valence-corrected chi connectivity index (χ2v) is 5.45. The molecule has 0 bridgehead atoms. The standard InChI is InChI=1S/C15H30N2O/c1-3-5-10-14(9-4-2)16-13-15(18)17-11-7-6-8-12-17/h14,16H,3-13H2,1-2H3. The summed E-state index contributed by atoms with van der Waals surface area (Å²) >= 11 is 0. The van der Waals surface area contributed by atoms with Gasteiger partial charge in [0, 0.05) is 19.1 Å². The first kappa shape index (κ1) is 15.5.